The fourth-order valence-electron chi connectivity index (χ4n) is 2.75. The van der Waals surface area contributed by atoms with Gasteiger partial charge >= 0.3 is 0 Å². The third-order valence-electron chi connectivity index (χ3n) is 3.78. The van der Waals surface area contributed by atoms with E-state index in [0.29, 0.717) is 6.04 Å². The lowest BCUT2D eigenvalue weighted by Gasteiger charge is -2.28. The third-order valence-corrected chi connectivity index (χ3v) is 5.01. The molecule has 3 rings (SSSR count). The van der Waals surface area contributed by atoms with Crippen LogP contribution in [0.25, 0.3) is 0 Å². The van der Waals surface area contributed by atoms with Crippen LogP contribution in [-0.2, 0) is 16.6 Å². The predicted molar refractivity (Wildman–Crippen MR) is 69.6 cm³/mol. The number of aromatic nitrogens is 1. The van der Waals surface area contributed by atoms with E-state index in [0.717, 1.165) is 19.8 Å². The number of nitrogens with zero attached hydrogens (tertiary/aromatic N) is 1. The highest BCUT2D eigenvalue weighted by Crippen LogP contribution is 2.40. The van der Waals surface area contributed by atoms with Crippen molar-refractivity contribution in [1.82, 2.24) is 10.3 Å². The minimum atomic E-state index is 0.262. The maximum Gasteiger partial charge on any atom is 0.112 e. The fourth-order valence-corrected chi connectivity index (χ4v) is 4.10. The number of hydrogen-bond acceptors (Lipinski definition) is 4. The second-order valence-corrected chi connectivity index (χ2v) is 6.76. The molecule has 94 valence electrons. The molecule has 1 atom stereocenters. The van der Waals surface area contributed by atoms with Crippen molar-refractivity contribution in [2.75, 3.05) is 19.8 Å². The van der Waals surface area contributed by atoms with Crippen LogP contribution in [0.3, 0.4) is 0 Å². The van der Waals surface area contributed by atoms with Crippen molar-refractivity contribution >= 4 is 11.3 Å². The smallest absolute Gasteiger partial charge is 0.112 e. The highest BCUT2D eigenvalue weighted by atomic mass is 32.1. The second kappa shape index (κ2) is 4.34. The van der Waals surface area contributed by atoms with Gasteiger partial charge in [-0.3, -0.25) is 0 Å². The van der Waals surface area contributed by atoms with Gasteiger partial charge in [-0.05, 0) is 19.3 Å². The lowest BCUT2D eigenvalue weighted by atomic mass is 9.79. The molecule has 0 bridgehead atoms. The largest absolute Gasteiger partial charge is 0.378 e. The van der Waals surface area contributed by atoms with E-state index in [9.17, 15) is 0 Å². The van der Waals surface area contributed by atoms with Crippen LogP contribution < -0.4 is 5.32 Å². The molecule has 0 saturated carbocycles. The van der Waals surface area contributed by atoms with Crippen molar-refractivity contribution in [3.63, 3.8) is 0 Å². The van der Waals surface area contributed by atoms with Crippen molar-refractivity contribution in [3.05, 3.63) is 15.6 Å². The summed E-state index contributed by atoms with van der Waals surface area (Å²) in [7, 11) is 0. The van der Waals surface area contributed by atoms with E-state index >= 15 is 0 Å². The molecule has 1 aliphatic heterocycles. The van der Waals surface area contributed by atoms with Gasteiger partial charge in [0, 0.05) is 16.8 Å². The van der Waals surface area contributed by atoms with E-state index in [2.05, 4.69) is 19.2 Å². The van der Waals surface area contributed by atoms with Gasteiger partial charge in [0.1, 0.15) is 5.01 Å². The molecule has 2 aliphatic rings. The monoisotopic (exact) mass is 252 g/mol. The zero-order valence-electron chi connectivity index (χ0n) is 10.6. The SMILES string of the molecule is CC1(C)CCCc2sc(C3COCCN3)nc21. The summed E-state index contributed by atoms with van der Waals surface area (Å²) in [6.45, 7) is 7.18. The predicted octanol–water partition coefficient (Wildman–Crippen LogP) is 2.42. The molecule has 4 heteroatoms. The summed E-state index contributed by atoms with van der Waals surface area (Å²) in [6.07, 6.45) is 3.78. The van der Waals surface area contributed by atoms with E-state index in [1.807, 2.05) is 11.3 Å². The van der Waals surface area contributed by atoms with Gasteiger partial charge in [-0.2, -0.15) is 0 Å². The molecule has 1 aliphatic carbocycles. The van der Waals surface area contributed by atoms with Gasteiger partial charge in [-0.25, -0.2) is 4.98 Å². The highest BCUT2D eigenvalue weighted by Gasteiger charge is 2.32. The first-order chi connectivity index (χ1) is 8.17. The normalized spacial score (nSPS) is 27.8. The fraction of sp³-hybridized carbons (Fsp3) is 0.769. The van der Waals surface area contributed by atoms with E-state index < -0.39 is 0 Å². The summed E-state index contributed by atoms with van der Waals surface area (Å²) in [6, 6.07) is 0.315. The quantitative estimate of drug-likeness (QED) is 0.833. The van der Waals surface area contributed by atoms with Crippen LogP contribution in [0.1, 0.15) is 48.3 Å². The van der Waals surface area contributed by atoms with Gasteiger partial charge in [0.2, 0.25) is 0 Å². The first kappa shape index (κ1) is 11.6. The van der Waals surface area contributed by atoms with Gasteiger partial charge in [-0.15, -0.1) is 11.3 Å². The maximum atomic E-state index is 5.52. The van der Waals surface area contributed by atoms with E-state index in [4.69, 9.17) is 9.72 Å². The van der Waals surface area contributed by atoms with Crippen molar-refractivity contribution in [1.29, 1.82) is 0 Å². The summed E-state index contributed by atoms with van der Waals surface area (Å²) < 4.78 is 5.52. The van der Waals surface area contributed by atoms with Crippen molar-refractivity contribution in [2.24, 2.45) is 0 Å². The molecule has 0 aromatic carbocycles. The molecular weight excluding hydrogens is 232 g/mol. The van der Waals surface area contributed by atoms with Crippen LogP contribution in [0.5, 0.6) is 0 Å². The number of hydrogen-bond donors (Lipinski definition) is 1. The summed E-state index contributed by atoms with van der Waals surface area (Å²) >= 11 is 1.89. The summed E-state index contributed by atoms with van der Waals surface area (Å²) in [5.41, 5.74) is 1.61. The van der Waals surface area contributed by atoms with Crippen LogP contribution in [0.4, 0.5) is 0 Å². The van der Waals surface area contributed by atoms with Crippen LogP contribution >= 0.6 is 11.3 Å². The average molecular weight is 252 g/mol. The van der Waals surface area contributed by atoms with E-state index in [1.54, 1.807) is 0 Å². The molecule has 1 fully saturated rings. The van der Waals surface area contributed by atoms with Crippen molar-refractivity contribution in [2.45, 2.75) is 44.6 Å². The van der Waals surface area contributed by atoms with Crippen molar-refractivity contribution < 1.29 is 4.74 Å². The number of thiazole rings is 1. The van der Waals surface area contributed by atoms with Crippen LogP contribution in [0.2, 0.25) is 0 Å². The number of rotatable bonds is 1. The Morgan fingerprint density at radius 1 is 1.47 bits per heavy atom. The molecule has 1 aromatic rings. The Balaban J connectivity index is 1.90. The molecule has 0 radical (unpaired) electrons. The topological polar surface area (TPSA) is 34.1 Å². The molecule has 1 unspecified atom stereocenters. The Kier molecular flexibility index (Phi) is 2.97. The van der Waals surface area contributed by atoms with E-state index in [-0.39, 0.29) is 5.41 Å². The Labute approximate surface area is 107 Å². The molecule has 1 N–H and O–H groups in total. The number of fused-ring (bicyclic) bond motifs is 1. The first-order valence-electron chi connectivity index (χ1n) is 6.48. The Bertz CT molecular complexity index is 408. The molecule has 0 amide bonds. The minimum Gasteiger partial charge on any atom is -0.378 e. The van der Waals surface area contributed by atoms with Gasteiger partial charge in [-0.1, -0.05) is 13.8 Å². The molecule has 1 aromatic heterocycles. The number of aryl methyl sites for hydroxylation is 1. The lowest BCUT2D eigenvalue weighted by Crippen LogP contribution is -2.34. The molecule has 17 heavy (non-hydrogen) atoms. The average Bonchev–Trinajstić information content (AvgIpc) is 2.75. The van der Waals surface area contributed by atoms with Crippen LogP contribution in [0.15, 0.2) is 0 Å². The summed E-state index contributed by atoms with van der Waals surface area (Å²) in [4.78, 5) is 6.41. The lowest BCUT2D eigenvalue weighted by molar-refractivity contribution is 0.0767. The molecule has 0 spiro atoms. The zero-order chi connectivity index (χ0) is 11.9. The third kappa shape index (κ3) is 2.14. The Hall–Kier alpha value is -0.450. The van der Waals surface area contributed by atoms with Gasteiger partial charge in [0.15, 0.2) is 0 Å². The standard InChI is InChI=1S/C13H20N2OS/c1-13(2)5-3-4-10-11(13)15-12(17-10)9-8-16-7-6-14-9/h9,14H,3-8H2,1-2H3. The molecule has 3 nitrogen and oxygen atoms in total. The highest BCUT2D eigenvalue weighted by molar-refractivity contribution is 7.11. The van der Waals surface area contributed by atoms with Crippen molar-refractivity contribution in [3.8, 4) is 0 Å². The van der Waals surface area contributed by atoms with Crippen LogP contribution in [0, 0.1) is 0 Å². The molecular formula is C13H20N2OS. The number of morpholine rings is 1. The maximum absolute atomic E-state index is 5.52. The molecule has 2 heterocycles. The number of nitrogens with one attached hydrogen (secondary N) is 1. The first-order valence-corrected chi connectivity index (χ1v) is 7.30. The van der Waals surface area contributed by atoms with E-state index in [1.165, 1.54) is 34.8 Å². The summed E-state index contributed by atoms with van der Waals surface area (Å²) in [5.74, 6) is 0. The van der Waals surface area contributed by atoms with Crippen LogP contribution in [-0.4, -0.2) is 24.7 Å². The van der Waals surface area contributed by atoms with Gasteiger partial charge in [0.25, 0.3) is 0 Å². The summed E-state index contributed by atoms with van der Waals surface area (Å²) in [5, 5.41) is 4.72. The molecule has 1 saturated heterocycles. The van der Waals surface area contributed by atoms with Gasteiger partial charge in [0.05, 0.1) is 24.9 Å². The minimum absolute atomic E-state index is 0.262. The van der Waals surface area contributed by atoms with Gasteiger partial charge < -0.3 is 10.1 Å². The zero-order valence-corrected chi connectivity index (χ0v) is 11.4. The Morgan fingerprint density at radius 2 is 2.35 bits per heavy atom. The number of ether oxygens (including phenoxy) is 1. The Morgan fingerprint density at radius 3 is 3.06 bits per heavy atom. The second-order valence-electron chi connectivity index (χ2n) is 5.64.